The molecule has 3 aromatic rings. The van der Waals surface area contributed by atoms with Crippen LogP contribution in [0.3, 0.4) is 0 Å². The lowest BCUT2D eigenvalue weighted by atomic mass is 10.0. The van der Waals surface area contributed by atoms with Crippen molar-refractivity contribution >= 4 is 47.1 Å². The zero-order chi connectivity index (χ0) is 26.1. The summed E-state index contributed by atoms with van der Waals surface area (Å²) in [5.74, 6) is 2.32. The number of rotatable bonds is 12. The molecule has 1 heterocycles. The molecule has 0 aliphatic carbocycles. The molecule has 7 heteroatoms. The van der Waals surface area contributed by atoms with Crippen LogP contribution < -0.4 is 10.6 Å². The third kappa shape index (κ3) is 7.82. The summed E-state index contributed by atoms with van der Waals surface area (Å²) in [6, 6.07) is 29.8. The van der Waals surface area contributed by atoms with Crippen LogP contribution in [-0.2, 0) is 26.8 Å². The van der Waals surface area contributed by atoms with Gasteiger partial charge in [-0.25, -0.2) is 0 Å². The average Bonchev–Trinajstić information content (AvgIpc) is 2.92. The second-order valence-corrected chi connectivity index (χ2v) is 14.0. The third-order valence-corrected chi connectivity index (χ3v) is 11.6. The molecule has 0 bridgehead atoms. The first kappa shape index (κ1) is 27.7. The van der Waals surface area contributed by atoms with Gasteiger partial charge in [0.15, 0.2) is 0 Å². The van der Waals surface area contributed by atoms with E-state index < -0.39 is 15.5 Å². The van der Waals surface area contributed by atoms with E-state index in [4.69, 9.17) is 0 Å². The molecule has 1 aliphatic rings. The van der Waals surface area contributed by atoms with Crippen molar-refractivity contribution in [3.8, 4) is 0 Å². The van der Waals surface area contributed by atoms with E-state index in [9.17, 15) is 9.59 Å². The fourth-order valence-electron chi connectivity index (χ4n) is 4.16. The van der Waals surface area contributed by atoms with E-state index in [0.717, 1.165) is 17.3 Å². The number of piperazine rings is 1. The summed E-state index contributed by atoms with van der Waals surface area (Å²) in [6.45, 7) is 4.13. The Morgan fingerprint density at radius 2 is 1.05 bits per heavy atom. The van der Waals surface area contributed by atoms with E-state index in [-0.39, 0.29) is 11.8 Å². The summed E-state index contributed by atoms with van der Waals surface area (Å²) >= 11 is 5.22. The van der Waals surface area contributed by atoms with Crippen molar-refractivity contribution in [3.63, 3.8) is 0 Å². The molecule has 0 radical (unpaired) electrons. The maximum absolute atomic E-state index is 13.6. The van der Waals surface area contributed by atoms with Gasteiger partial charge in [-0.05, 0) is 29.0 Å². The van der Waals surface area contributed by atoms with Crippen LogP contribution in [0, 0.1) is 5.92 Å². The predicted octanol–water partition coefficient (Wildman–Crippen LogP) is 6.47. The van der Waals surface area contributed by atoms with E-state index >= 15 is 0 Å². The van der Waals surface area contributed by atoms with Gasteiger partial charge in [0.1, 0.15) is 15.5 Å². The Bertz CT molecular complexity index is 1040. The minimum absolute atomic E-state index is 0.0939. The maximum Gasteiger partial charge on any atom is 0.246 e. The van der Waals surface area contributed by atoms with E-state index in [2.05, 4.69) is 60.9 Å². The van der Waals surface area contributed by atoms with Crippen LogP contribution in [0.15, 0.2) is 91.0 Å². The molecule has 2 unspecified atom stereocenters. The summed E-state index contributed by atoms with van der Waals surface area (Å²) in [5, 5.41) is 6.21. The first-order chi connectivity index (χ1) is 17.9. The largest absolute Gasteiger partial charge is 0.342 e. The fourth-order valence-corrected chi connectivity index (χ4v) is 8.90. The molecule has 1 fully saturated rings. The predicted molar refractivity (Wildman–Crippen MR) is 159 cm³/mol. The molecular weight excluding hydrogens is 517 g/mol. The van der Waals surface area contributed by atoms with Gasteiger partial charge in [0.2, 0.25) is 11.8 Å². The quantitative estimate of drug-likeness (QED) is 0.253. The molecule has 37 heavy (non-hydrogen) atoms. The minimum atomic E-state index is -0.667. The van der Waals surface area contributed by atoms with Gasteiger partial charge >= 0.3 is 0 Å². The van der Waals surface area contributed by atoms with Crippen molar-refractivity contribution in [1.29, 1.82) is 0 Å². The number of benzene rings is 3. The van der Waals surface area contributed by atoms with Crippen LogP contribution in [0.4, 0.5) is 0 Å². The fraction of sp³-hybridized carbons (Fsp3) is 0.333. The van der Waals surface area contributed by atoms with Gasteiger partial charge in [0.05, 0.1) is 0 Å². The highest BCUT2D eigenvalue weighted by molar-refractivity contribution is 8.33. The van der Waals surface area contributed by atoms with Crippen LogP contribution >= 0.6 is 35.3 Å². The lowest BCUT2D eigenvalue weighted by molar-refractivity contribution is -0.136. The molecule has 0 aromatic heterocycles. The van der Waals surface area contributed by atoms with E-state index in [1.165, 1.54) is 16.7 Å². The Kier molecular flexibility index (Phi) is 10.1. The topological polar surface area (TPSA) is 58.2 Å². The molecule has 4 nitrogen and oxygen atoms in total. The van der Waals surface area contributed by atoms with Gasteiger partial charge in [-0.3, -0.25) is 9.59 Å². The summed E-state index contributed by atoms with van der Waals surface area (Å²) in [5.41, 5.74) is 3.58. The van der Waals surface area contributed by atoms with Crippen molar-refractivity contribution in [2.24, 2.45) is 5.92 Å². The van der Waals surface area contributed by atoms with Crippen LogP contribution in [0.5, 0.6) is 0 Å². The van der Waals surface area contributed by atoms with Crippen molar-refractivity contribution in [2.75, 3.05) is 0 Å². The lowest BCUT2D eigenvalue weighted by Crippen LogP contribution is -2.66. The second kappa shape index (κ2) is 13.4. The molecule has 0 saturated carbocycles. The highest BCUT2D eigenvalue weighted by atomic mass is 32.3. The van der Waals surface area contributed by atoms with Gasteiger partial charge in [0, 0.05) is 17.3 Å². The second-order valence-electron chi connectivity index (χ2n) is 9.56. The monoisotopic (exact) mass is 550 g/mol. The van der Waals surface area contributed by atoms with Crippen LogP contribution in [-0.4, -0.2) is 27.3 Å². The molecule has 2 N–H and O–H groups in total. The maximum atomic E-state index is 13.6. The Hall–Kier alpha value is -2.35. The van der Waals surface area contributed by atoms with Gasteiger partial charge in [-0.15, -0.1) is 35.3 Å². The lowest BCUT2D eigenvalue weighted by Gasteiger charge is -2.42. The van der Waals surface area contributed by atoms with E-state index in [1.807, 2.05) is 54.6 Å². The molecule has 194 valence electrons. The van der Waals surface area contributed by atoms with Gasteiger partial charge in [-0.2, -0.15) is 0 Å². The van der Waals surface area contributed by atoms with E-state index in [0.29, 0.717) is 12.3 Å². The number of hydrogen-bond donors (Lipinski definition) is 2. The Balaban J connectivity index is 1.65. The standard InChI is InChI=1S/C30H34N2O2S3/c1-22(2)18-26-28(33)32-27(29(34)31-26)30(35-19-23-12-6-3-7-13-23,36-20-24-14-8-4-9-15-24)37-21-25-16-10-5-11-17-25/h3-17,22,26-27H,18-21H2,1-2H3,(H,31,34)(H,32,33). The summed E-state index contributed by atoms with van der Waals surface area (Å²) in [7, 11) is 0. The van der Waals surface area contributed by atoms with Crippen molar-refractivity contribution in [3.05, 3.63) is 108 Å². The van der Waals surface area contributed by atoms with Crippen LogP contribution in [0.25, 0.3) is 0 Å². The van der Waals surface area contributed by atoms with Gasteiger partial charge in [-0.1, -0.05) is 105 Å². The zero-order valence-corrected chi connectivity index (χ0v) is 23.7. The normalized spacial score (nSPS) is 17.9. The van der Waals surface area contributed by atoms with Gasteiger partial charge in [0.25, 0.3) is 0 Å². The number of hydrogen-bond acceptors (Lipinski definition) is 5. The molecule has 0 spiro atoms. The first-order valence-electron chi connectivity index (χ1n) is 12.6. The van der Waals surface area contributed by atoms with Crippen molar-refractivity contribution in [1.82, 2.24) is 10.6 Å². The molecule has 2 atom stereocenters. The Morgan fingerprint density at radius 3 is 1.43 bits per heavy atom. The van der Waals surface area contributed by atoms with Crippen LogP contribution in [0.2, 0.25) is 0 Å². The van der Waals surface area contributed by atoms with E-state index in [1.54, 1.807) is 35.3 Å². The van der Waals surface area contributed by atoms with Gasteiger partial charge < -0.3 is 10.6 Å². The highest BCUT2D eigenvalue weighted by Crippen LogP contribution is 2.53. The van der Waals surface area contributed by atoms with Crippen molar-refractivity contribution < 1.29 is 9.59 Å². The van der Waals surface area contributed by atoms with Crippen LogP contribution in [0.1, 0.15) is 37.0 Å². The molecule has 1 aliphatic heterocycles. The first-order valence-corrected chi connectivity index (χ1v) is 15.6. The Labute approximate surface area is 233 Å². The molecule has 1 saturated heterocycles. The SMILES string of the molecule is CC(C)CC1NC(=O)C(C(SCc2ccccc2)(SCc2ccccc2)SCc2ccccc2)NC1=O. The number of nitrogens with one attached hydrogen (secondary N) is 2. The Morgan fingerprint density at radius 1 is 0.649 bits per heavy atom. The smallest absolute Gasteiger partial charge is 0.246 e. The number of amides is 2. The summed E-state index contributed by atoms with van der Waals surface area (Å²) in [4.78, 5) is 26.8. The summed E-state index contributed by atoms with van der Waals surface area (Å²) in [6.07, 6.45) is 0.628. The van der Waals surface area contributed by atoms with Crippen molar-refractivity contribution in [2.45, 2.75) is 53.0 Å². The number of thioether (sulfide) groups is 3. The zero-order valence-electron chi connectivity index (χ0n) is 21.3. The average molecular weight is 551 g/mol. The molecular formula is C30H34N2O2S3. The molecule has 3 aromatic carbocycles. The molecule has 4 rings (SSSR count). The minimum Gasteiger partial charge on any atom is -0.342 e. The third-order valence-electron chi connectivity index (χ3n) is 6.09. The number of carbonyl (C=O) groups is 2. The highest BCUT2D eigenvalue weighted by Gasteiger charge is 2.49. The molecule has 2 amide bonds. The summed E-state index contributed by atoms with van der Waals surface area (Å²) < 4.78 is -0.635. The number of carbonyl (C=O) groups excluding carboxylic acids is 2.